The average molecular weight is 394 g/mol. The van der Waals surface area contributed by atoms with E-state index in [0.29, 0.717) is 12.1 Å². The standard InChI is InChI=1S/C20H22N6O3/c1-29-17-9-7-16(8-10-17)26-13-15(24-25-26)12-22-19(27)18(23-20(21)28)11-14-5-3-2-4-6-14/h2-10,13,18H,11-12H2,1H3,(H,22,27)(H3,21,23,28). The van der Waals surface area contributed by atoms with Gasteiger partial charge in [0.05, 0.1) is 25.5 Å². The normalized spacial score (nSPS) is 11.5. The third-order valence-corrected chi connectivity index (χ3v) is 4.24. The third kappa shape index (κ3) is 5.55. The minimum atomic E-state index is -0.786. The van der Waals surface area contributed by atoms with Crippen LogP contribution in [0.15, 0.2) is 60.8 Å². The number of hydrogen-bond donors (Lipinski definition) is 3. The van der Waals surface area contributed by atoms with Gasteiger partial charge in [-0.05, 0) is 29.8 Å². The van der Waals surface area contributed by atoms with Crippen LogP contribution in [0.3, 0.4) is 0 Å². The first-order valence-electron chi connectivity index (χ1n) is 8.98. The fraction of sp³-hybridized carbons (Fsp3) is 0.200. The van der Waals surface area contributed by atoms with Gasteiger partial charge in [-0.15, -0.1) is 5.10 Å². The molecule has 0 saturated heterocycles. The molecule has 0 aliphatic rings. The van der Waals surface area contributed by atoms with Crippen LogP contribution in [0.2, 0.25) is 0 Å². The Morgan fingerprint density at radius 3 is 2.52 bits per heavy atom. The molecule has 0 saturated carbocycles. The lowest BCUT2D eigenvalue weighted by molar-refractivity contribution is -0.123. The predicted octanol–water partition coefficient (Wildman–Crippen LogP) is 1.17. The minimum absolute atomic E-state index is 0.167. The second-order valence-electron chi connectivity index (χ2n) is 6.32. The molecule has 0 aliphatic carbocycles. The number of hydrogen-bond acceptors (Lipinski definition) is 5. The van der Waals surface area contributed by atoms with Crippen molar-refractivity contribution in [3.05, 3.63) is 72.1 Å². The van der Waals surface area contributed by atoms with Crippen LogP contribution >= 0.6 is 0 Å². The molecule has 3 rings (SSSR count). The molecule has 9 heteroatoms. The van der Waals surface area contributed by atoms with Crippen molar-refractivity contribution < 1.29 is 14.3 Å². The van der Waals surface area contributed by atoms with Crippen molar-refractivity contribution in [2.75, 3.05) is 7.11 Å². The lowest BCUT2D eigenvalue weighted by Crippen LogP contribution is -2.49. The first kappa shape index (κ1) is 19.9. The predicted molar refractivity (Wildman–Crippen MR) is 106 cm³/mol. The fourth-order valence-corrected chi connectivity index (χ4v) is 2.77. The van der Waals surface area contributed by atoms with Gasteiger partial charge in [-0.2, -0.15) is 0 Å². The van der Waals surface area contributed by atoms with Gasteiger partial charge >= 0.3 is 6.03 Å². The Morgan fingerprint density at radius 1 is 1.14 bits per heavy atom. The molecule has 3 amide bonds. The molecule has 2 aromatic carbocycles. The highest BCUT2D eigenvalue weighted by Gasteiger charge is 2.20. The van der Waals surface area contributed by atoms with E-state index >= 15 is 0 Å². The Balaban J connectivity index is 1.61. The van der Waals surface area contributed by atoms with E-state index in [0.717, 1.165) is 17.0 Å². The molecule has 29 heavy (non-hydrogen) atoms. The van der Waals surface area contributed by atoms with Gasteiger partial charge < -0.3 is 21.1 Å². The van der Waals surface area contributed by atoms with Crippen molar-refractivity contribution >= 4 is 11.9 Å². The Bertz CT molecular complexity index is 956. The van der Waals surface area contributed by atoms with Crippen molar-refractivity contribution in [2.45, 2.75) is 19.0 Å². The zero-order chi connectivity index (χ0) is 20.6. The van der Waals surface area contributed by atoms with Gasteiger partial charge in [0.1, 0.15) is 17.5 Å². The van der Waals surface area contributed by atoms with Gasteiger partial charge in [0, 0.05) is 6.42 Å². The highest BCUT2D eigenvalue weighted by molar-refractivity contribution is 5.86. The summed E-state index contributed by atoms with van der Waals surface area (Å²) in [5, 5.41) is 13.4. The van der Waals surface area contributed by atoms with Crippen LogP contribution in [0.25, 0.3) is 5.69 Å². The minimum Gasteiger partial charge on any atom is -0.497 e. The topological polar surface area (TPSA) is 124 Å². The molecule has 9 nitrogen and oxygen atoms in total. The molecule has 1 unspecified atom stereocenters. The summed E-state index contributed by atoms with van der Waals surface area (Å²) in [5.74, 6) is 0.388. The Hall–Kier alpha value is -3.88. The van der Waals surface area contributed by atoms with Crippen LogP contribution < -0.4 is 21.1 Å². The summed E-state index contributed by atoms with van der Waals surface area (Å²) < 4.78 is 6.74. The lowest BCUT2D eigenvalue weighted by Gasteiger charge is -2.17. The van der Waals surface area contributed by atoms with E-state index in [-0.39, 0.29) is 12.5 Å². The molecule has 0 radical (unpaired) electrons. The highest BCUT2D eigenvalue weighted by Crippen LogP contribution is 2.14. The molecular weight excluding hydrogens is 372 g/mol. The maximum absolute atomic E-state index is 12.6. The van der Waals surface area contributed by atoms with Crippen LogP contribution in [-0.4, -0.2) is 40.1 Å². The molecule has 1 aromatic heterocycles. The number of primary amides is 1. The molecule has 0 aliphatic heterocycles. The summed E-state index contributed by atoms with van der Waals surface area (Å²) in [6.07, 6.45) is 2.05. The fourth-order valence-electron chi connectivity index (χ4n) is 2.77. The maximum Gasteiger partial charge on any atom is 0.312 e. The van der Waals surface area contributed by atoms with Crippen LogP contribution in [-0.2, 0) is 17.8 Å². The van der Waals surface area contributed by atoms with E-state index in [9.17, 15) is 9.59 Å². The van der Waals surface area contributed by atoms with Crippen LogP contribution in [0, 0.1) is 0 Å². The van der Waals surface area contributed by atoms with Gasteiger partial charge in [0.25, 0.3) is 0 Å². The van der Waals surface area contributed by atoms with Gasteiger partial charge in [-0.3, -0.25) is 4.79 Å². The number of rotatable bonds is 8. The van der Waals surface area contributed by atoms with E-state index in [2.05, 4.69) is 20.9 Å². The molecular formula is C20H22N6O3. The third-order valence-electron chi connectivity index (χ3n) is 4.24. The number of amides is 3. The number of methoxy groups -OCH3 is 1. The molecule has 150 valence electrons. The maximum atomic E-state index is 12.6. The summed E-state index contributed by atoms with van der Waals surface area (Å²) in [4.78, 5) is 23.8. The zero-order valence-electron chi connectivity index (χ0n) is 15.9. The van der Waals surface area contributed by atoms with Crippen LogP contribution in [0.4, 0.5) is 4.79 Å². The molecule has 1 heterocycles. The average Bonchev–Trinajstić information content (AvgIpc) is 3.21. The number of nitrogens with one attached hydrogen (secondary N) is 2. The van der Waals surface area contributed by atoms with Crippen molar-refractivity contribution in [3.63, 3.8) is 0 Å². The van der Waals surface area contributed by atoms with Gasteiger partial charge in [0.2, 0.25) is 5.91 Å². The number of carbonyl (C=O) groups excluding carboxylic acids is 2. The largest absolute Gasteiger partial charge is 0.497 e. The summed E-state index contributed by atoms with van der Waals surface area (Å²) in [6, 6.07) is 15.2. The van der Waals surface area contributed by atoms with Crippen molar-refractivity contribution in [1.29, 1.82) is 0 Å². The second-order valence-corrected chi connectivity index (χ2v) is 6.32. The van der Waals surface area contributed by atoms with Gasteiger partial charge in [0.15, 0.2) is 0 Å². The Kier molecular flexibility index (Phi) is 6.41. The smallest absolute Gasteiger partial charge is 0.312 e. The summed E-state index contributed by atoms with van der Waals surface area (Å²) in [5.41, 5.74) is 7.51. The van der Waals surface area contributed by atoms with Gasteiger partial charge in [-0.25, -0.2) is 9.48 Å². The van der Waals surface area contributed by atoms with E-state index < -0.39 is 12.1 Å². The zero-order valence-corrected chi connectivity index (χ0v) is 15.9. The quantitative estimate of drug-likeness (QED) is 0.529. The van der Waals surface area contributed by atoms with Crippen molar-refractivity contribution in [1.82, 2.24) is 25.6 Å². The highest BCUT2D eigenvalue weighted by atomic mass is 16.5. The second kappa shape index (κ2) is 9.36. The number of urea groups is 1. The number of aromatic nitrogens is 3. The molecule has 4 N–H and O–H groups in total. The van der Waals surface area contributed by atoms with Gasteiger partial charge in [-0.1, -0.05) is 35.5 Å². The van der Waals surface area contributed by atoms with E-state index in [1.54, 1.807) is 18.0 Å². The van der Waals surface area contributed by atoms with E-state index in [4.69, 9.17) is 10.5 Å². The van der Waals surface area contributed by atoms with Crippen LogP contribution in [0.5, 0.6) is 5.75 Å². The molecule has 0 spiro atoms. The molecule has 0 fully saturated rings. The summed E-state index contributed by atoms with van der Waals surface area (Å²) in [7, 11) is 1.60. The van der Waals surface area contributed by atoms with Crippen molar-refractivity contribution in [3.8, 4) is 11.4 Å². The Morgan fingerprint density at radius 2 is 1.86 bits per heavy atom. The summed E-state index contributed by atoms with van der Waals surface area (Å²) >= 11 is 0. The SMILES string of the molecule is COc1ccc(-n2cc(CNC(=O)C(Cc3ccccc3)NC(N)=O)nn2)cc1. The molecule has 1 atom stereocenters. The van der Waals surface area contributed by atoms with Crippen molar-refractivity contribution in [2.24, 2.45) is 5.73 Å². The molecule has 3 aromatic rings. The monoisotopic (exact) mass is 394 g/mol. The van der Waals surface area contributed by atoms with E-state index in [1.807, 2.05) is 54.6 Å². The van der Waals surface area contributed by atoms with Crippen LogP contribution in [0.1, 0.15) is 11.3 Å². The first-order valence-corrected chi connectivity index (χ1v) is 8.98. The lowest BCUT2D eigenvalue weighted by atomic mass is 10.1. The summed E-state index contributed by atoms with van der Waals surface area (Å²) in [6.45, 7) is 0.167. The Labute approximate surface area is 167 Å². The molecule has 0 bridgehead atoms. The number of ether oxygens (including phenoxy) is 1. The van der Waals surface area contributed by atoms with E-state index in [1.165, 1.54) is 0 Å². The number of benzene rings is 2. The number of nitrogens with two attached hydrogens (primary N) is 1. The number of carbonyl (C=O) groups is 2. The number of nitrogens with zero attached hydrogens (tertiary/aromatic N) is 3. The first-order chi connectivity index (χ1) is 14.0.